The molecule has 1 aliphatic rings. The van der Waals surface area contributed by atoms with Gasteiger partial charge in [-0.25, -0.2) is 14.4 Å². The molecule has 1 aliphatic heterocycles. The standard InChI is InChI=1S/C7H10N2O5/c1-8-3(5(10)11)4(6(12)13)9(2)7(8)14/h3-4H,1-2H3,(H,10,11)(H,12,13). The fraction of sp³-hybridized carbons (Fsp3) is 0.571. The summed E-state index contributed by atoms with van der Waals surface area (Å²) >= 11 is 0. The van der Waals surface area contributed by atoms with Crippen molar-refractivity contribution in [3.63, 3.8) is 0 Å². The summed E-state index contributed by atoms with van der Waals surface area (Å²) < 4.78 is 0. The highest BCUT2D eigenvalue weighted by Crippen LogP contribution is 2.20. The molecule has 0 aromatic rings. The van der Waals surface area contributed by atoms with Gasteiger partial charge in [0.05, 0.1) is 0 Å². The zero-order chi connectivity index (χ0) is 11.0. The third-order valence-corrected chi connectivity index (χ3v) is 2.24. The van der Waals surface area contributed by atoms with Gasteiger partial charge in [0.15, 0.2) is 12.1 Å². The molecule has 1 heterocycles. The van der Waals surface area contributed by atoms with E-state index in [0.29, 0.717) is 0 Å². The van der Waals surface area contributed by atoms with E-state index in [1.807, 2.05) is 0 Å². The number of aliphatic carboxylic acids is 2. The minimum atomic E-state index is -1.33. The van der Waals surface area contributed by atoms with E-state index in [4.69, 9.17) is 10.2 Å². The first-order valence-electron chi connectivity index (χ1n) is 3.83. The number of carbonyl (C=O) groups excluding carboxylic acids is 1. The number of likely N-dealkylation sites (N-methyl/N-ethyl adjacent to an activating group) is 2. The molecule has 2 N–H and O–H groups in total. The number of carboxylic acid groups (broad SMARTS) is 2. The lowest BCUT2D eigenvalue weighted by molar-refractivity contribution is -0.150. The first kappa shape index (κ1) is 10.3. The number of amides is 2. The molecule has 0 aromatic heterocycles. The lowest BCUT2D eigenvalue weighted by atomic mass is 10.1. The molecule has 2 amide bonds. The molecule has 0 aliphatic carbocycles. The zero-order valence-corrected chi connectivity index (χ0v) is 7.67. The van der Waals surface area contributed by atoms with Gasteiger partial charge >= 0.3 is 18.0 Å². The first-order valence-corrected chi connectivity index (χ1v) is 3.83. The van der Waals surface area contributed by atoms with Crippen LogP contribution in [0.3, 0.4) is 0 Å². The Balaban J connectivity index is 3.07. The summed E-state index contributed by atoms with van der Waals surface area (Å²) in [5.74, 6) is -2.64. The number of urea groups is 1. The van der Waals surface area contributed by atoms with Gasteiger partial charge in [0.25, 0.3) is 0 Å². The van der Waals surface area contributed by atoms with Crippen LogP contribution >= 0.6 is 0 Å². The Morgan fingerprint density at radius 2 is 1.36 bits per heavy atom. The fourth-order valence-corrected chi connectivity index (χ4v) is 1.51. The Morgan fingerprint density at radius 1 is 1.07 bits per heavy atom. The van der Waals surface area contributed by atoms with Gasteiger partial charge in [-0.05, 0) is 0 Å². The monoisotopic (exact) mass is 202 g/mol. The second-order valence-electron chi connectivity index (χ2n) is 3.07. The second kappa shape index (κ2) is 3.17. The highest BCUT2D eigenvalue weighted by atomic mass is 16.4. The van der Waals surface area contributed by atoms with Gasteiger partial charge in [-0.3, -0.25) is 0 Å². The van der Waals surface area contributed by atoms with Crippen molar-refractivity contribution in [1.82, 2.24) is 9.80 Å². The molecule has 0 aromatic carbocycles. The Hall–Kier alpha value is -1.79. The predicted octanol–water partition coefficient (Wildman–Crippen LogP) is -1.11. The van der Waals surface area contributed by atoms with Crippen molar-refractivity contribution in [2.45, 2.75) is 12.1 Å². The molecule has 1 fully saturated rings. The van der Waals surface area contributed by atoms with Gasteiger partial charge in [0.1, 0.15) is 0 Å². The number of hydrogen-bond donors (Lipinski definition) is 2. The van der Waals surface area contributed by atoms with Crippen LogP contribution in [0.25, 0.3) is 0 Å². The van der Waals surface area contributed by atoms with Gasteiger partial charge in [-0.2, -0.15) is 0 Å². The minimum absolute atomic E-state index is 0.607. The molecule has 0 radical (unpaired) electrons. The quantitative estimate of drug-likeness (QED) is 0.591. The topological polar surface area (TPSA) is 98.2 Å². The van der Waals surface area contributed by atoms with Gasteiger partial charge in [0, 0.05) is 14.1 Å². The molecule has 1 saturated heterocycles. The number of carboxylic acids is 2. The molecule has 14 heavy (non-hydrogen) atoms. The Bertz CT molecular complexity index is 274. The molecule has 1 rings (SSSR count). The van der Waals surface area contributed by atoms with Crippen molar-refractivity contribution in [3.8, 4) is 0 Å². The SMILES string of the molecule is CN1C(=O)N(C)C(C(=O)O)C1C(=O)O. The van der Waals surface area contributed by atoms with E-state index in [1.165, 1.54) is 14.1 Å². The van der Waals surface area contributed by atoms with Crippen LogP contribution in [0.15, 0.2) is 0 Å². The Kier molecular flexibility index (Phi) is 2.33. The van der Waals surface area contributed by atoms with Crippen LogP contribution in [-0.4, -0.2) is 64.2 Å². The van der Waals surface area contributed by atoms with Crippen LogP contribution in [-0.2, 0) is 9.59 Å². The number of carbonyl (C=O) groups is 3. The van der Waals surface area contributed by atoms with Crippen LogP contribution in [0.5, 0.6) is 0 Å². The van der Waals surface area contributed by atoms with E-state index in [9.17, 15) is 14.4 Å². The summed E-state index contributed by atoms with van der Waals surface area (Å²) in [4.78, 5) is 34.5. The van der Waals surface area contributed by atoms with E-state index < -0.39 is 30.1 Å². The van der Waals surface area contributed by atoms with E-state index >= 15 is 0 Å². The average molecular weight is 202 g/mol. The molecule has 0 bridgehead atoms. The third-order valence-electron chi connectivity index (χ3n) is 2.24. The van der Waals surface area contributed by atoms with Crippen LogP contribution in [0.4, 0.5) is 4.79 Å². The van der Waals surface area contributed by atoms with Gasteiger partial charge in [-0.15, -0.1) is 0 Å². The Labute approximate surface area is 79.5 Å². The van der Waals surface area contributed by atoms with Crippen molar-refractivity contribution in [3.05, 3.63) is 0 Å². The van der Waals surface area contributed by atoms with Crippen molar-refractivity contribution in [2.75, 3.05) is 14.1 Å². The molecular weight excluding hydrogens is 192 g/mol. The summed E-state index contributed by atoms with van der Waals surface area (Å²) in [6.45, 7) is 0. The smallest absolute Gasteiger partial charge is 0.329 e. The molecular formula is C7H10N2O5. The third kappa shape index (κ3) is 1.26. The van der Waals surface area contributed by atoms with Crippen molar-refractivity contribution >= 4 is 18.0 Å². The number of nitrogens with zero attached hydrogens (tertiary/aromatic N) is 2. The molecule has 0 spiro atoms. The molecule has 7 nitrogen and oxygen atoms in total. The Morgan fingerprint density at radius 3 is 1.57 bits per heavy atom. The number of hydrogen-bond acceptors (Lipinski definition) is 3. The van der Waals surface area contributed by atoms with Crippen LogP contribution in [0.2, 0.25) is 0 Å². The largest absolute Gasteiger partial charge is 0.480 e. The van der Waals surface area contributed by atoms with Crippen molar-refractivity contribution in [1.29, 1.82) is 0 Å². The lowest BCUT2D eigenvalue weighted by Gasteiger charge is -2.16. The predicted molar refractivity (Wildman–Crippen MR) is 43.8 cm³/mol. The molecule has 2 atom stereocenters. The minimum Gasteiger partial charge on any atom is -0.480 e. The number of rotatable bonds is 2. The van der Waals surface area contributed by atoms with E-state index in [0.717, 1.165) is 9.80 Å². The fourth-order valence-electron chi connectivity index (χ4n) is 1.51. The lowest BCUT2D eigenvalue weighted by Crippen LogP contribution is -2.46. The summed E-state index contributed by atoms with van der Waals surface area (Å²) in [5, 5.41) is 17.5. The normalized spacial score (nSPS) is 26.9. The molecule has 2 unspecified atom stereocenters. The maximum absolute atomic E-state index is 11.3. The highest BCUT2D eigenvalue weighted by Gasteiger charge is 2.50. The van der Waals surface area contributed by atoms with Crippen LogP contribution < -0.4 is 0 Å². The summed E-state index contributed by atoms with van der Waals surface area (Å²) in [5.41, 5.74) is 0. The first-order chi connectivity index (χ1) is 6.37. The second-order valence-corrected chi connectivity index (χ2v) is 3.07. The van der Waals surface area contributed by atoms with Gasteiger partial charge in [0.2, 0.25) is 0 Å². The summed E-state index contributed by atoms with van der Waals surface area (Å²) in [6.07, 6.45) is 0. The maximum Gasteiger partial charge on any atom is 0.329 e. The summed E-state index contributed by atoms with van der Waals surface area (Å²) in [7, 11) is 2.53. The molecule has 78 valence electrons. The van der Waals surface area contributed by atoms with Crippen LogP contribution in [0.1, 0.15) is 0 Å². The van der Waals surface area contributed by atoms with Crippen molar-refractivity contribution in [2.24, 2.45) is 0 Å². The van der Waals surface area contributed by atoms with E-state index in [1.54, 1.807) is 0 Å². The van der Waals surface area contributed by atoms with E-state index in [2.05, 4.69) is 0 Å². The van der Waals surface area contributed by atoms with Crippen molar-refractivity contribution < 1.29 is 24.6 Å². The molecule has 0 saturated carbocycles. The zero-order valence-electron chi connectivity index (χ0n) is 7.67. The van der Waals surface area contributed by atoms with Crippen LogP contribution in [0, 0.1) is 0 Å². The van der Waals surface area contributed by atoms with Gasteiger partial charge in [-0.1, -0.05) is 0 Å². The van der Waals surface area contributed by atoms with E-state index in [-0.39, 0.29) is 0 Å². The average Bonchev–Trinajstić information content (AvgIpc) is 2.29. The molecule has 7 heteroatoms. The summed E-state index contributed by atoms with van der Waals surface area (Å²) in [6, 6.07) is -3.26. The highest BCUT2D eigenvalue weighted by molar-refractivity contribution is 5.95. The van der Waals surface area contributed by atoms with Gasteiger partial charge < -0.3 is 20.0 Å². The maximum atomic E-state index is 11.3.